The molecule has 1 aliphatic heterocycles. The molecule has 1 aromatic rings. The molecule has 2 rings (SSSR count). The van der Waals surface area contributed by atoms with Crippen LogP contribution < -0.4 is 15.4 Å². The third-order valence-electron chi connectivity index (χ3n) is 3.73. The standard InChI is InChI=1S/C14H21N3O2/c1-14(2)13(18)16(3)7-8-17(14)12-9-10(19-4)5-6-11(12)15/h5-6,9H,7-8,15H2,1-4H3. The summed E-state index contributed by atoms with van der Waals surface area (Å²) in [5.74, 6) is 0.840. The van der Waals surface area contributed by atoms with E-state index in [9.17, 15) is 4.79 Å². The van der Waals surface area contributed by atoms with Crippen molar-refractivity contribution in [3.8, 4) is 5.75 Å². The molecule has 0 bridgehead atoms. The minimum absolute atomic E-state index is 0.0981. The number of rotatable bonds is 2. The van der Waals surface area contributed by atoms with E-state index in [1.54, 1.807) is 12.0 Å². The number of anilines is 2. The second kappa shape index (κ2) is 4.64. The van der Waals surface area contributed by atoms with E-state index in [1.807, 2.05) is 44.0 Å². The molecule has 104 valence electrons. The Balaban J connectivity index is 2.43. The Labute approximate surface area is 113 Å². The number of hydrogen-bond donors (Lipinski definition) is 1. The van der Waals surface area contributed by atoms with Crippen LogP contribution in [0.2, 0.25) is 0 Å². The quantitative estimate of drug-likeness (QED) is 0.818. The lowest BCUT2D eigenvalue weighted by Gasteiger charge is -2.46. The number of piperazine rings is 1. The van der Waals surface area contributed by atoms with Gasteiger partial charge in [-0.15, -0.1) is 0 Å². The summed E-state index contributed by atoms with van der Waals surface area (Å²) >= 11 is 0. The number of nitrogen functional groups attached to an aromatic ring is 1. The lowest BCUT2D eigenvalue weighted by atomic mass is 9.96. The number of hydrogen-bond acceptors (Lipinski definition) is 4. The number of carbonyl (C=O) groups excluding carboxylic acids is 1. The second-order valence-electron chi connectivity index (χ2n) is 5.36. The zero-order chi connectivity index (χ0) is 14.2. The minimum atomic E-state index is -0.604. The highest BCUT2D eigenvalue weighted by molar-refractivity contribution is 5.91. The van der Waals surface area contributed by atoms with Crippen LogP contribution in [0.25, 0.3) is 0 Å². The third kappa shape index (κ3) is 2.20. The van der Waals surface area contributed by atoms with E-state index in [2.05, 4.69) is 0 Å². The van der Waals surface area contributed by atoms with Gasteiger partial charge in [-0.3, -0.25) is 4.79 Å². The molecule has 0 atom stereocenters. The van der Waals surface area contributed by atoms with Crippen LogP contribution >= 0.6 is 0 Å². The molecule has 0 saturated carbocycles. The summed E-state index contributed by atoms with van der Waals surface area (Å²) in [5, 5.41) is 0. The molecule has 1 saturated heterocycles. The molecular weight excluding hydrogens is 242 g/mol. The molecule has 5 heteroatoms. The normalized spacial score (nSPS) is 18.6. The van der Waals surface area contributed by atoms with Crippen molar-refractivity contribution in [1.82, 2.24) is 4.90 Å². The van der Waals surface area contributed by atoms with Crippen molar-refractivity contribution >= 4 is 17.3 Å². The van der Waals surface area contributed by atoms with E-state index in [-0.39, 0.29) is 5.91 Å². The van der Waals surface area contributed by atoms with Crippen molar-refractivity contribution in [3.05, 3.63) is 18.2 Å². The lowest BCUT2D eigenvalue weighted by Crippen LogP contribution is -2.62. The van der Waals surface area contributed by atoms with E-state index in [4.69, 9.17) is 10.5 Å². The van der Waals surface area contributed by atoms with E-state index < -0.39 is 5.54 Å². The topological polar surface area (TPSA) is 58.8 Å². The van der Waals surface area contributed by atoms with Crippen molar-refractivity contribution < 1.29 is 9.53 Å². The highest BCUT2D eigenvalue weighted by atomic mass is 16.5. The molecule has 1 amide bonds. The van der Waals surface area contributed by atoms with E-state index >= 15 is 0 Å². The van der Waals surface area contributed by atoms with Crippen LogP contribution in [0.3, 0.4) is 0 Å². The fraction of sp³-hybridized carbons (Fsp3) is 0.500. The Bertz CT molecular complexity index is 499. The molecule has 0 unspecified atom stereocenters. The first kappa shape index (κ1) is 13.5. The van der Waals surface area contributed by atoms with Crippen molar-refractivity contribution in [1.29, 1.82) is 0 Å². The zero-order valence-corrected chi connectivity index (χ0v) is 11.9. The Morgan fingerprint density at radius 1 is 1.32 bits per heavy atom. The molecule has 0 aliphatic carbocycles. The predicted octanol–water partition coefficient (Wildman–Crippen LogP) is 1.33. The lowest BCUT2D eigenvalue weighted by molar-refractivity contribution is -0.136. The van der Waals surface area contributed by atoms with Gasteiger partial charge in [-0.1, -0.05) is 0 Å². The van der Waals surface area contributed by atoms with Crippen LogP contribution in [-0.4, -0.2) is 43.6 Å². The molecule has 0 radical (unpaired) electrons. The summed E-state index contributed by atoms with van der Waals surface area (Å²) < 4.78 is 5.24. The third-order valence-corrected chi connectivity index (χ3v) is 3.73. The van der Waals surface area contributed by atoms with Gasteiger partial charge in [0.2, 0.25) is 5.91 Å². The summed E-state index contributed by atoms with van der Waals surface area (Å²) in [6.07, 6.45) is 0. The molecule has 1 aliphatic rings. The maximum atomic E-state index is 12.3. The molecule has 1 heterocycles. The van der Waals surface area contributed by atoms with Gasteiger partial charge in [-0.2, -0.15) is 0 Å². The number of ether oxygens (including phenoxy) is 1. The van der Waals surface area contributed by atoms with Crippen LogP contribution in [0.4, 0.5) is 11.4 Å². The van der Waals surface area contributed by atoms with Gasteiger partial charge in [-0.05, 0) is 26.0 Å². The van der Waals surface area contributed by atoms with E-state index in [0.717, 1.165) is 18.0 Å². The Kier molecular flexibility index (Phi) is 3.30. The van der Waals surface area contributed by atoms with Gasteiger partial charge in [0.1, 0.15) is 11.3 Å². The van der Waals surface area contributed by atoms with Crippen LogP contribution in [0, 0.1) is 0 Å². The summed E-state index contributed by atoms with van der Waals surface area (Å²) in [6.45, 7) is 5.29. The van der Waals surface area contributed by atoms with Gasteiger partial charge >= 0.3 is 0 Å². The first-order chi connectivity index (χ1) is 8.87. The molecule has 1 fully saturated rings. The zero-order valence-electron chi connectivity index (χ0n) is 11.9. The van der Waals surface area contributed by atoms with Crippen molar-refractivity contribution in [2.45, 2.75) is 19.4 Å². The highest BCUT2D eigenvalue weighted by Gasteiger charge is 2.41. The smallest absolute Gasteiger partial charge is 0.247 e. The van der Waals surface area contributed by atoms with Gasteiger partial charge in [0, 0.05) is 26.2 Å². The summed E-state index contributed by atoms with van der Waals surface area (Å²) in [4.78, 5) is 16.1. The van der Waals surface area contributed by atoms with Gasteiger partial charge in [-0.25, -0.2) is 0 Å². The van der Waals surface area contributed by atoms with E-state index in [0.29, 0.717) is 12.2 Å². The Morgan fingerprint density at radius 2 is 2.00 bits per heavy atom. The van der Waals surface area contributed by atoms with Gasteiger partial charge in [0.05, 0.1) is 18.5 Å². The average molecular weight is 263 g/mol. The van der Waals surface area contributed by atoms with E-state index in [1.165, 1.54) is 0 Å². The summed E-state index contributed by atoms with van der Waals surface area (Å²) in [6, 6.07) is 5.52. The Morgan fingerprint density at radius 3 is 2.63 bits per heavy atom. The van der Waals surface area contributed by atoms with Crippen molar-refractivity contribution in [3.63, 3.8) is 0 Å². The minimum Gasteiger partial charge on any atom is -0.497 e. The molecule has 1 aromatic carbocycles. The Hall–Kier alpha value is -1.91. The number of methoxy groups -OCH3 is 1. The SMILES string of the molecule is COc1ccc(N)c(N2CCN(C)C(=O)C2(C)C)c1. The van der Waals surface area contributed by atoms with Gasteiger partial charge in [0.15, 0.2) is 0 Å². The predicted molar refractivity (Wildman–Crippen MR) is 76.5 cm³/mol. The first-order valence-corrected chi connectivity index (χ1v) is 6.34. The summed E-state index contributed by atoms with van der Waals surface area (Å²) in [5.41, 5.74) is 6.96. The summed E-state index contributed by atoms with van der Waals surface area (Å²) in [7, 11) is 3.45. The number of benzene rings is 1. The number of likely N-dealkylation sites (N-methyl/N-ethyl adjacent to an activating group) is 1. The molecule has 0 spiro atoms. The van der Waals surface area contributed by atoms with Crippen LogP contribution in [0.15, 0.2) is 18.2 Å². The first-order valence-electron chi connectivity index (χ1n) is 6.34. The highest BCUT2D eigenvalue weighted by Crippen LogP contribution is 2.35. The van der Waals surface area contributed by atoms with Gasteiger partial charge in [0.25, 0.3) is 0 Å². The molecule has 5 nitrogen and oxygen atoms in total. The molecule has 19 heavy (non-hydrogen) atoms. The molecule has 0 aromatic heterocycles. The monoisotopic (exact) mass is 263 g/mol. The second-order valence-corrected chi connectivity index (χ2v) is 5.36. The fourth-order valence-corrected chi connectivity index (χ4v) is 2.52. The van der Waals surface area contributed by atoms with Crippen molar-refractivity contribution in [2.24, 2.45) is 0 Å². The number of amides is 1. The van der Waals surface area contributed by atoms with Gasteiger partial charge < -0.3 is 20.3 Å². The fourth-order valence-electron chi connectivity index (χ4n) is 2.52. The van der Waals surface area contributed by atoms with Crippen LogP contribution in [0.1, 0.15) is 13.8 Å². The maximum absolute atomic E-state index is 12.3. The number of nitrogens with zero attached hydrogens (tertiary/aromatic N) is 2. The largest absolute Gasteiger partial charge is 0.497 e. The molecule has 2 N–H and O–H groups in total. The van der Waals surface area contributed by atoms with Crippen LogP contribution in [-0.2, 0) is 4.79 Å². The van der Waals surface area contributed by atoms with Crippen molar-refractivity contribution in [2.75, 3.05) is 37.9 Å². The maximum Gasteiger partial charge on any atom is 0.247 e. The molecular formula is C14H21N3O2. The van der Waals surface area contributed by atoms with Crippen LogP contribution in [0.5, 0.6) is 5.75 Å². The number of carbonyl (C=O) groups is 1. The number of nitrogens with two attached hydrogens (primary N) is 1. The average Bonchev–Trinajstić information content (AvgIpc) is 2.38.